The number of anilines is 3. The number of fused-ring (bicyclic) bond motifs is 16. The molecule has 322 valence electrons. The van der Waals surface area contributed by atoms with E-state index in [9.17, 15) is 0 Å². The summed E-state index contributed by atoms with van der Waals surface area (Å²) < 4.78 is 0. The average Bonchev–Trinajstić information content (AvgIpc) is 3.89. The molecule has 0 saturated carbocycles. The summed E-state index contributed by atoms with van der Waals surface area (Å²) in [6.07, 6.45) is 0. The van der Waals surface area contributed by atoms with Crippen LogP contribution in [-0.2, 0) is 10.8 Å². The number of nitrogens with zero attached hydrogens (tertiary/aromatic N) is 1. The van der Waals surface area contributed by atoms with E-state index in [0.29, 0.717) is 0 Å². The molecule has 11 aromatic carbocycles. The predicted molar refractivity (Wildman–Crippen MR) is 286 cm³/mol. The first-order valence-electron chi connectivity index (χ1n) is 24.1. The SMILES string of the molecule is c1ccc(-c2ccc(N(c3ccc4c(c3)-c3ccccc3C43c4ccccc4C4(c5ccccc5-c5ccccc54)c4ccccc43)c3ccc(-c4ccccc4)cc3-c3ccccc3)cc2)cc1. The lowest BCUT2D eigenvalue weighted by Gasteiger charge is -2.48. The summed E-state index contributed by atoms with van der Waals surface area (Å²) in [4.78, 5) is 2.48. The fourth-order valence-corrected chi connectivity index (χ4v) is 12.6. The van der Waals surface area contributed by atoms with Crippen molar-refractivity contribution in [1.82, 2.24) is 0 Å². The van der Waals surface area contributed by atoms with Gasteiger partial charge in [-0.2, -0.15) is 0 Å². The second-order valence-electron chi connectivity index (χ2n) is 18.7. The molecule has 14 rings (SSSR count). The molecule has 0 unspecified atom stereocenters. The molecule has 0 amide bonds. The lowest BCUT2D eigenvalue weighted by molar-refractivity contribution is 0.633. The van der Waals surface area contributed by atoms with Crippen LogP contribution in [0, 0.1) is 0 Å². The third kappa shape index (κ3) is 5.59. The van der Waals surface area contributed by atoms with Crippen molar-refractivity contribution < 1.29 is 0 Å². The van der Waals surface area contributed by atoms with Gasteiger partial charge in [0.15, 0.2) is 0 Å². The maximum atomic E-state index is 2.48. The minimum absolute atomic E-state index is 0.480. The predicted octanol–water partition coefficient (Wildman–Crippen LogP) is 17.2. The average molecular weight is 876 g/mol. The highest BCUT2D eigenvalue weighted by Gasteiger charge is 2.58. The van der Waals surface area contributed by atoms with Gasteiger partial charge in [0.25, 0.3) is 0 Å². The van der Waals surface area contributed by atoms with Crippen molar-refractivity contribution in [2.75, 3.05) is 4.90 Å². The topological polar surface area (TPSA) is 3.24 Å². The van der Waals surface area contributed by atoms with Gasteiger partial charge in [-0.15, -0.1) is 0 Å². The van der Waals surface area contributed by atoms with Crippen molar-refractivity contribution in [3.8, 4) is 55.6 Å². The molecule has 0 fully saturated rings. The first kappa shape index (κ1) is 39.4. The van der Waals surface area contributed by atoms with Crippen LogP contribution in [0.1, 0.15) is 44.5 Å². The zero-order valence-electron chi connectivity index (χ0n) is 37.9. The van der Waals surface area contributed by atoms with Gasteiger partial charge in [0.1, 0.15) is 0 Å². The second kappa shape index (κ2) is 15.4. The number of hydrogen-bond donors (Lipinski definition) is 0. The number of benzene rings is 11. The van der Waals surface area contributed by atoms with Crippen molar-refractivity contribution >= 4 is 17.1 Å². The number of hydrogen-bond acceptors (Lipinski definition) is 1. The van der Waals surface area contributed by atoms with E-state index in [-0.39, 0.29) is 0 Å². The van der Waals surface area contributed by atoms with Gasteiger partial charge in [-0.25, -0.2) is 0 Å². The quantitative estimate of drug-likeness (QED) is 0.161. The minimum atomic E-state index is -0.565. The fraction of sp³-hybridized carbons (Fsp3) is 0.0294. The van der Waals surface area contributed by atoms with Crippen LogP contribution in [0.15, 0.2) is 273 Å². The van der Waals surface area contributed by atoms with Crippen molar-refractivity contribution in [1.29, 1.82) is 0 Å². The van der Waals surface area contributed by atoms with Crippen LogP contribution in [0.2, 0.25) is 0 Å². The van der Waals surface area contributed by atoms with Crippen LogP contribution in [0.25, 0.3) is 55.6 Å². The summed E-state index contributed by atoms with van der Waals surface area (Å²) in [7, 11) is 0. The van der Waals surface area contributed by atoms with Crippen molar-refractivity contribution in [3.05, 3.63) is 317 Å². The van der Waals surface area contributed by atoms with Gasteiger partial charge in [-0.1, -0.05) is 237 Å². The third-order valence-electron chi connectivity index (χ3n) is 15.4. The van der Waals surface area contributed by atoms with Crippen molar-refractivity contribution in [2.45, 2.75) is 10.8 Å². The van der Waals surface area contributed by atoms with Gasteiger partial charge in [0, 0.05) is 16.9 Å². The standard InChI is InChI=1S/C68H45N/c1-4-20-46(21-5-1)48-36-39-51(40-37-48)69(66-43-38-50(47-22-6-2-7-23-47)44-56(66)49-24-8-3-9-25-49)52-41-42-61-57(45-52)55-28-12-15-31-60(55)68(61)64-34-18-16-32-62(64)67(63-33-17-19-35-65(63)68)58-29-13-10-26-53(58)54-27-11-14-30-59(54)67/h1-45H. The normalized spacial score (nSPS) is 13.7. The van der Waals surface area contributed by atoms with E-state index < -0.39 is 10.8 Å². The van der Waals surface area contributed by atoms with Crippen LogP contribution < -0.4 is 4.90 Å². The highest BCUT2D eigenvalue weighted by Crippen LogP contribution is 2.67. The first-order chi connectivity index (χ1) is 34.2. The van der Waals surface area contributed by atoms with Crippen LogP contribution in [0.4, 0.5) is 17.1 Å². The molecule has 0 bridgehead atoms. The third-order valence-corrected chi connectivity index (χ3v) is 15.4. The molecule has 0 heterocycles. The molecular formula is C68H45N. The highest BCUT2D eigenvalue weighted by atomic mass is 15.1. The molecule has 0 N–H and O–H groups in total. The Balaban J connectivity index is 1.02. The van der Waals surface area contributed by atoms with Crippen LogP contribution in [0.3, 0.4) is 0 Å². The maximum absolute atomic E-state index is 2.48. The molecule has 2 spiro atoms. The van der Waals surface area contributed by atoms with Gasteiger partial charge in [-0.3, -0.25) is 0 Å². The smallest absolute Gasteiger partial charge is 0.0720 e. The van der Waals surface area contributed by atoms with E-state index in [1.54, 1.807) is 0 Å². The summed E-state index contributed by atoms with van der Waals surface area (Å²) in [6.45, 7) is 0. The summed E-state index contributed by atoms with van der Waals surface area (Å²) in [6, 6.07) is 102. The summed E-state index contributed by atoms with van der Waals surface area (Å²) in [5, 5.41) is 0. The summed E-state index contributed by atoms with van der Waals surface area (Å²) in [5.41, 5.74) is 25.2. The molecule has 3 aliphatic carbocycles. The molecule has 0 atom stereocenters. The van der Waals surface area contributed by atoms with Gasteiger partial charge >= 0.3 is 0 Å². The van der Waals surface area contributed by atoms with Gasteiger partial charge in [0.2, 0.25) is 0 Å². The lowest BCUT2D eigenvalue weighted by Crippen LogP contribution is -2.43. The van der Waals surface area contributed by atoms with E-state index in [2.05, 4.69) is 278 Å². The van der Waals surface area contributed by atoms with Gasteiger partial charge in [-0.05, 0) is 131 Å². The Morgan fingerprint density at radius 1 is 0.203 bits per heavy atom. The monoisotopic (exact) mass is 875 g/mol. The Morgan fingerprint density at radius 3 is 1.04 bits per heavy atom. The Morgan fingerprint density at radius 2 is 0.551 bits per heavy atom. The van der Waals surface area contributed by atoms with Gasteiger partial charge in [0.05, 0.1) is 16.5 Å². The zero-order valence-corrected chi connectivity index (χ0v) is 37.9. The Hall–Kier alpha value is -8.78. The zero-order chi connectivity index (χ0) is 45.5. The van der Waals surface area contributed by atoms with Gasteiger partial charge < -0.3 is 4.90 Å². The second-order valence-corrected chi connectivity index (χ2v) is 18.7. The van der Waals surface area contributed by atoms with Crippen LogP contribution in [0.5, 0.6) is 0 Å². The molecule has 11 aromatic rings. The largest absolute Gasteiger partial charge is 0.310 e. The molecule has 69 heavy (non-hydrogen) atoms. The van der Waals surface area contributed by atoms with Crippen LogP contribution >= 0.6 is 0 Å². The molecule has 3 aliphatic rings. The van der Waals surface area contributed by atoms with Crippen molar-refractivity contribution in [2.24, 2.45) is 0 Å². The van der Waals surface area contributed by atoms with E-state index in [1.807, 2.05) is 0 Å². The molecule has 0 radical (unpaired) electrons. The highest BCUT2D eigenvalue weighted by molar-refractivity contribution is 5.97. The minimum Gasteiger partial charge on any atom is -0.310 e. The van der Waals surface area contributed by atoms with Crippen molar-refractivity contribution in [3.63, 3.8) is 0 Å². The lowest BCUT2D eigenvalue weighted by atomic mass is 9.52. The summed E-state index contributed by atoms with van der Waals surface area (Å²) >= 11 is 0. The molecule has 1 nitrogen and oxygen atoms in total. The van der Waals surface area contributed by atoms with E-state index in [1.165, 1.54) is 100 Å². The Kier molecular flexibility index (Phi) is 8.78. The molecule has 0 saturated heterocycles. The van der Waals surface area contributed by atoms with E-state index in [4.69, 9.17) is 0 Å². The van der Waals surface area contributed by atoms with Crippen LogP contribution in [-0.4, -0.2) is 0 Å². The van der Waals surface area contributed by atoms with E-state index >= 15 is 0 Å². The molecule has 1 heteroatoms. The Labute approximate surface area is 403 Å². The molecular weight excluding hydrogens is 831 g/mol. The Bertz CT molecular complexity index is 3680. The van der Waals surface area contributed by atoms with E-state index in [0.717, 1.165) is 17.1 Å². The first-order valence-corrected chi connectivity index (χ1v) is 24.1. The number of rotatable bonds is 6. The summed E-state index contributed by atoms with van der Waals surface area (Å²) in [5.74, 6) is 0. The molecule has 0 aliphatic heterocycles. The fourth-order valence-electron chi connectivity index (χ4n) is 12.6. The maximum Gasteiger partial charge on any atom is 0.0720 e. The molecule has 0 aromatic heterocycles.